The van der Waals surface area contributed by atoms with E-state index in [9.17, 15) is 0 Å². The van der Waals surface area contributed by atoms with E-state index in [1.54, 1.807) is 7.11 Å². The molecule has 1 heterocycles. The molecule has 1 aromatic carbocycles. The molecule has 0 saturated carbocycles. The SMILES string of the molecule is CCN1CCOC(CNc2ccccc2CCOC)C1. The van der Waals surface area contributed by atoms with Gasteiger partial charge in [-0.05, 0) is 24.6 Å². The number of rotatable bonds is 7. The van der Waals surface area contributed by atoms with Crippen LogP contribution >= 0.6 is 0 Å². The smallest absolute Gasteiger partial charge is 0.0874 e. The van der Waals surface area contributed by atoms with E-state index in [1.165, 1.54) is 11.3 Å². The highest BCUT2D eigenvalue weighted by atomic mass is 16.5. The summed E-state index contributed by atoms with van der Waals surface area (Å²) in [5.74, 6) is 0. The fraction of sp³-hybridized carbons (Fsp3) is 0.625. The van der Waals surface area contributed by atoms with Crippen molar-refractivity contribution in [3.63, 3.8) is 0 Å². The zero-order valence-corrected chi connectivity index (χ0v) is 12.6. The topological polar surface area (TPSA) is 33.7 Å². The molecule has 1 N–H and O–H groups in total. The van der Waals surface area contributed by atoms with E-state index in [1.807, 2.05) is 0 Å². The highest BCUT2D eigenvalue weighted by Crippen LogP contribution is 2.16. The third kappa shape index (κ3) is 4.47. The van der Waals surface area contributed by atoms with Crippen molar-refractivity contribution in [2.75, 3.05) is 51.8 Å². The van der Waals surface area contributed by atoms with E-state index >= 15 is 0 Å². The van der Waals surface area contributed by atoms with Crippen LogP contribution in [0.5, 0.6) is 0 Å². The first-order valence-electron chi connectivity index (χ1n) is 7.48. The lowest BCUT2D eigenvalue weighted by Gasteiger charge is -2.32. The molecule has 0 bridgehead atoms. The van der Waals surface area contributed by atoms with E-state index in [0.29, 0.717) is 0 Å². The van der Waals surface area contributed by atoms with E-state index < -0.39 is 0 Å². The maximum Gasteiger partial charge on any atom is 0.0874 e. The van der Waals surface area contributed by atoms with Gasteiger partial charge in [0.1, 0.15) is 0 Å². The lowest BCUT2D eigenvalue weighted by atomic mass is 10.1. The number of nitrogens with zero attached hydrogens (tertiary/aromatic N) is 1. The summed E-state index contributed by atoms with van der Waals surface area (Å²) in [5.41, 5.74) is 2.50. The second kappa shape index (κ2) is 8.25. The fourth-order valence-electron chi connectivity index (χ4n) is 2.54. The normalized spacial score (nSPS) is 20.0. The summed E-state index contributed by atoms with van der Waals surface area (Å²) >= 11 is 0. The number of benzene rings is 1. The molecule has 1 unspecified atom stereocenters. The number of para-hydroxylation sites is 1. The number of nitrogens with one attached hydrogen (secondary N) is 1. The first-order chi connectivity index (χ1) is 9.83. The Balaban J connectivity index is 1.86. The van der Waals surface area contributed by atoms with Crippen LogP contribution in [0, 0.1) is 0 Å². The minimum atomic E-state index is 0.277. The van der Waals surface area contributed by atoms with Gasteiger partial charge in [0.05, 0.1) is 19.3 Å². The second-order valence-corrected chi connectivity index (χ2v) is 5.17. The largest absolute Gasteiger partial charge is 0.384 e. The minimum absolute atomic E-state index is 0.277. The van der Waals surface area contributed by atoms with Crippen LogP contribution in [0.2, 0.25) is 0 Å². The summed E-state index contributed by atoms with van der Waals surface area (Å²) in [5, 5.41) is 3.53. The summed E-state index contributed by atoms with van der Waals surface area (Å²) in [6.07, 6.45) is 1.21. The van der Waals surface area contributed by atoms with E-state index in [4.69, 9.17) is 9.47 Å². The highest BCUT2D eigenvalue weighted by Gasteiger charge is 2.19. The van der Waals surface area contributed by atoms with Crippen molar-refractivity contribution >= 4 is 5.69 Å². The molecule has 2 rings (SSSR count). The van der Waals surface area contributed by atoms with Gasteiger partial charge in [0.15, 0.2) is 0 Å². The number of methoxy groups -OCH3 is 1. The molecule has 1 atom stereocenters. The summed E-state index contributed by atoms with van der Waals surface area (Å²) < 4.78 is 11.0. The molecule has 1 aliphatic rings. The third-order valence-electron chi connectivity index (χ3n) is 3.78. The van der Waals surface area contributed by atoms with Gasteiger partial charge >= 0.3 is 0 Å². The molecule has 4 nitrogen and oxygen atoms in total. The summed E-state index contributed by atoms with van der Waals surface area (Å²) in [6.45, 7) is 7.83. The van der Waals surface area contributed by atoms with Crippen LogP contribution in [0.4, 0.5) is 5.69 Å². The predicted molar refractivity (Wildman–Crippen MR) is 82.4 cm³/mol. The molecule has 0 amide bonds. The van der Waals surface area contributed by atoms with Crippen LogP contribution in [-0.4, -0.2) is 57.5 Å². The molecule has 1 aromatic rings. The minimum Gasteiger partial charge on any atom is -0.384 e. The van der Waals surface area contributed by atoms with Crippen LogP contribution in [0.15, 0.2) is 24.3 Å². The Morgan fingerprint density at radius 1 is 1.40 bits per heavy atom. The highest BCUT2D eigenvalue weighted by molar-refractivity contribution is 5.51. The maximum atomic E-state index is 5.82. The molecule has 0 radical (unpaired) electrons. The first-order valence-corrected chi connectivity index (χ1v) is 7.48. The molecule has 0 aliphatic carbocycles. The van der Waals surface area contributed by atoms with Gasteiger partial charge in [0, 0.05) is 32.4 Å². The van der Waals surface area contributed by atoms with Gasteiger partial charge in [-0.1, -0.05) is 25.1 Å². The quantitative estimate of drug-likeness (QED) is 0.827. The monoisotopic (exact) mass is 278 g/mol. The van der Waals surface area contributed by atoms with Crippen LogP contribution < -0.4 is 5.32 Å². The van der Waals surface area contributed by atoms with E-state index in [-0.39, 0.29) is 6.10 Å². The average molecular weight is 278 g/mol. The van der Waals surface area contributed by atoms with Gasteiger partial charge in [-0.2, -0.15) is 0 Å². The maximum absolute atomic E-state index is 5.82. The molecule has 112 valence electrons. The number of hydrogen-bond acceptors (Lipinski definition) is 4. The van der Waals surface area contributed by atoms with Gasteiger partial charge in [0.2, 0.25) is 0 Å². The Kier molecular flexibility index (Phi) is 6.30. The standard InChI is InChI=1S/C16H26N2O2/c1-3-18-9-11-20-15(13-18)12-17-16-7-5-4-6-14(16)8-10-19-2/h4-7,15,17H,3,8-13H2,1-2H3. The fourth-order valence-corrected chi connectivity index (χ4v) is 2.54. The number of anilines is 1. The zero-order chi connectivity index (χ0) is 14.2. The molecule has 1 fully saturated rings. The third-order valence-corrected chi connectivity index (χ3v) is 3.78. The van der Waals surface area contributed by atoms with Gasteiger partial charge in [0.25, 0.3) is 0 Å². The van der Waals surface area contributed by atoms with Crippen molar-refractivity contribution in [2.45, 2.75) is 19.4 Å². The van der Waals surface area contributed by atoms with Crippen LogP contribution in [-0.2, 0) is 15.9 Å². The van der Waals surface area contributed by atoms with Crippen molar-refractivity contribution in [3.05, 3.63) is 29.8 Å². The van der Waals surface area contributed by atoms with Crippen molar-refractivity contribution in [2.24, 2.45) is 0 Å². The Labute approximate surface area is 122 Å². The van der Waals surface area contributed by atoms with E-state index in [0.717, 1.165) is 45.8 Å². The average Bonchev–Trinajstić information content (AvgIpc) is 2.52. The number of likely N-dealkylation sites (N-methyl/N-ethyl adjacent to an activating group) is 1. The van der Waals surface area contributed by atoms with Gasteiger partial charge < -0.3 is 14.8 Å². The van der Waals surface area contributed by atoms with Gasteiger partial charge in [-0.3, -0.25) is 4.90 Å². The summed E-state index contributed by atoms with van der Waals surface area (Å²) in [6, 6.07) is 8.43. The number of morpholine rings is 1. The zero-order valence-electron chi connectivity index (χ0n) is 12.6. The Morgan fingerprint density at radius 2 is 2.25 bits per heavy atom. The summed E-state index contributed by atoms with van der Waals surface area (Å²) in [4.78, 5) is 2.44. The van der Waals surface area contributed by atoms with Crippen LogP contribution in [0.3, 0.4) is 0 Å². The lowest BCUT2D eigenvalue weighted by molar-refractivity contribution is -0.0191. The van der Waals surface area contributed by atoms with Crippen LogP contribution in [0.25, 0.3) is 0 Å². The molecule has 20 heavy (non-hydrogen) atoms. The molecular formula is C16H26N2O2. The van der Waals surface area contributed by atoms with Crippen LogP contribution in [0.1, 0.15) is 12.5 Å². The number of hydrogen-bond donors (Lipinski definition) is 1. The lowest BCUT2D eigenvalue weighted by Crippen LogP contribution is -2.45. The van der Waals surface area contributed by atoms with Crippen molar-refractivity contribution in [3.8, 4) is 0 Å². The molecule has 4 heteroatoms. The molecule has 0 spiro atoms. The van der Waals surface area contributed by atoms with Crippen molar-refractivity contribution in [1.82, 2.24) is 4.90 Å². The molecular weight excluding hydrogens is 252 g/mol. The molecule has 1 saturated heterocycles. The predicted octanol–water partition coefficient (Wildman–Crippen LogP) is 2.01. The Hall–Kier alpha value is -1.10. The number of ether oxygens (including phenoxy) is 2. The molecule has 1 aliphatic heterocycles. The Bertz CT molecular complexity index is 398. The summed E-state index contributed by atoms with van der Waals surface area (Å²) in [7, 11) is 1.74. The second-order valence-electron chi connectivity index (χ2n) is 5.17. The van der Waals surface area contributed by atoms with Crippen molar-refractivity contribution < 1.29 is 9.47 Å². The van der Waals surface area contributed by atoms with Crippen molar-refractivity contribution in [1.29, 1.82) is 0 Å². The Morgan fingerprint density at radius 3 is 3.05 bits per heavy atom. The molecule has 0 aromatic heterocycles. The first kappa shape index (κ1) is 15.3. The van der Waals surface area contributed by atoms with E-state index in [2.05, 4.69) is 41.4 Å². The van der Waals surface area contributed by atoms with Gasteiger partial charge in [-0.25, -0.2) is 0 Å². The van der Waals surface area contributed by atoms with Gasteiger partial charge in [-0.15, -0.1) is 0 Å².